The molecule has 3 saturated heterocycles. The van der Waals surface area contributed by atoms with E-state index in [9.17, 15) is 19.6 Å². The number of aromatic nitrogens is 2. The lowest BCUT2D eigenvalue weighted by Gasteiger charge is -2.32. The number of anilines is 1. The molecule has 1 spiro atoms. The Hall–Kier alpha value is -3.84. The summed E-state index contributed by atoms with van der Waals surface area (Å²) in [5, 5.41) is 14.4. The number of nitriles is 1. The van der Waals surface area contributed by atoms with Gasteiger partial charge in [0.25, 0.3) is 5.91 Å². The molecular formula is C30H30ClN6O3+. The van der Waals surface area contributed by atoms with Crippen LogP contribution in [0.3, 0.4) is 0 Å². The Bertz CT molecular complexity index is 1620. The zero-order valence-electron chi connectivity index (χ0n) is 22.9. The van der Waals surface area contributed by atoms with E-state index >= 15 is 0 Å². The van der Waals surface area contributed by atoms with Gasteiger partial charge in [-0.05, 0) is 36.2 Å². The summed E-state index contributed by atoms with van der Waals surface area (Å²) < 4.78 is 1.48. The van der Waals surface area contributed by atoms with E-state index in [-0.39, 0.29) is 32.2 Å². The highest BCUT2D eigenvalue weighted by Crippen LogP contribution is 2.45. The smallest absolute Gasteiger partial charge is 0.286 e. The van der Waals surface area contributed by atoms with Crippen molar-refractivity contribution in [2.45, 2.75) is 51.7 Å². The first-order valence-corrected chi connectivity index (χ1v) is 13.7. The minimum Gasteiger partial charge on any atom is -0.286 e. The van der Waals surface area contributed by atoms with Gasteiger partial charge in [-0.25, -0.2) is 14.2 Å². The monoisotopic (exact) mass is 557 g/mol. The van der Waals surface area contributed by atoms with Gasteiger partial charge in [0.2, 0.25) is 5.78 Å². The summed E-state index contributed by atoms with van der Waals surface area (Å²) in [5.74, 6) is -0.536. The summed E-state index contributed by atoms with van der Waals surface area (Å²) in [6, 6.07) is 14.9. The molecule has 3 aliphatic heterocycles. The van der Waals surface area contributed by atoms with Crippen LogP contribution in [0.1, 0.15) is 53.6 Å². The molecule has 0 saturated carbocycles. The van der Waals surface area contributed by atoms with Gasteiger partial charge in [0, 0.05) is 5.41 Å². The fourth-order valence-electron chi connectivity index (χ4n) is 6.29. The number of imide groups is 1. The number of urea groups is 1. The molecule has 4 heterocycles. The third-order valence-electron chi connectivity index (χ3n) is 8.46. The molecule has 3 amide bonds. The van der Waals surface area contributed by atoms with Gasteiger partial charge >= 0.3 is 6.03 Å². The number of fused-ring (bicyclic) bond motifs is 1. The largest absolute Gasteiger partial charge is 0.433 e. The zero-order valence-corrected chi connectivity index (χ0v) is 23.6. The van der Waals surface area contributed by atoms with E-state index in [1.807, 2.05) is 68.1 Å². The second-order valence-corrected chi connectivity index (χ2v) is 12.3. The van der Waals surface area contributed by atoms with Gasteiger partial charge in [-0.3, -0.25) is 14.3 Å². The maximum atomic E-state index is 14.4. The molecule has 0 N–H and O–H groups in total. The Morgan fingerprint density at radius 1 is 1.15 bits per heavy atom. The number of rotatable bonds is 5. The first kappa shape index (κ1) is 26.4. The molecule has 40 heavy (non-hydrogen) atoms. The van der Waals surface area contributed by atoms with Crippen molar-refractivity contribution in [1.29, 1.82) is 5.26 Å². The predicted octanol–water partition coefficient (Wildman–Crippen LogP) is 4.25. The molecular weight excluding hydrogens is 528 g/mol. The van der Waals surface area contributed by atoms with E-state index < -0.39 is 18.1 Å². The molecule has 4 unspecified atom stereocenters. The average molecular weight is 558 g/mol. The second-order valence-electron chi connectivity index (χ2n) is 12.0. The second kappa shape index (κ2) is 9.10. The van der Waals surface area contributed by atoms with Crippen LogP contribution in [0, 0.1) is 18.3 Å². The normalized spacial score (nSPS) is 25.4. The molecule has 3 aliphatic rings. The van der Waals surface area contributed by atoms with Crippen LogP contribution in [0.5, 0.6) is 0 Å². The van der Waals surface area contributed by atoms with Crippen LogP contribution in [0.2, 0.25) is 5.02 Å². The van der Waals surface area contributed by atoms with Crippen LogP contribution in [-0.4, -0.2) is 68.7 Å². The van der Waals surface area contributed by atoms with E-state index in [2.05, 4.69) is 0 Å². The van der Waals surface area contributed by atoms with Crippen molar-refractivity contribution >= 4 is 35.0 Å². The van der Waals surface area contributed by atoms with Crippen molar-refractivity contribution in [3.8, 4) is 6.07 Å². The summed E-state index contributed by atoms with van der Waals surface area (Å²) in [5.41, 5.74) is 3.06. The van der Waals surface area contributed by atoms with Gasteiger partial charge in [0.15, 0.2) is 12.1 Å². The van der Waals surface area contributed by atoms with Crippen molar-refractivity contribution in [3.63, 3.8) is 0 Å². The zero-order chi connectivity index (χ0) is 28.6. The van der Waals surface area contributed by atoms with Crippen LogP contribution < -0.4 is 4.90 Å². The number of hydrogen-bond acceptors (Lipinski definition) is 6. The number of quaternary nitrogens is 1. The Morgan fingerprint density at radius 2 is 1.88 bits per heavy atom. The molecule has 6 rings (SSSR count). The SMILES string of the molecule is Cc1c(N2C(=O)C3CN4CC(C(=O)c5cc(C(C)(C)C)nn5Cc5ccccc5)[N+]3(C4)C2=O)ccc(C#N)c1Cl. The molecule has 10 heteroatoms. The van der Waals surface area contributed by atoms with Crippen LogP contribution in [0.15, 0.2) is 48.5 Å². The Morgan fingerprint density at radius 3 is 2.55 bits per heavy atom. The predicted molar refractivity (Wildman–Crippen MR) is 149 cm³/mol. The first-order chi connectivity index (χ1) is 19.0. The number of benzene rings is 2. The van der Waals surface area contributed by atoms with E-state index in [1.54, 1.807) is 17.7 Å². The summed E-state index contributed by atoms with van der Waals surface area (Å²) >= 11 is 6.40. The Balaban J connectivity index is 1.41. The lowest BCUT2D eigenvalue weighted by Crippen LogP contribution is -2.62. The Labute approximate surface area is 237 Å². The fourth-order valence-corrected chi connectivity index (χ4v) is 6.50. The number of nitrogens with zero attached hydrogens (tertiary/aromatic N) is 6. The summed E-state index contributed by atoms with van der Waals surface area (Å²) in [6.45, 7) is 9.34. The van der Waals surface area contributed by atoms with Crippen LogP contribution in [0.4, 0.5) is 10.5 Å². The van der Waals surface area contributed by atoms with Crippen LogP contribution >= 0.6 is 11.6 Å². The van der Waals surface area contributed by atoms with Gasteiger partial charge in [-0.1, -0.05) is 62.7 Å². The van der Waals surface area contributed by atoms with E-state index in [0.29, 0.717) is 43.2 Å². The van der Waals surface area contributed by atoms with Gasteiger partial charge in [0.05, 0.1) is 41.6 Å². The maximum Gasteiger partial charge on any atom is 0.433 e. The number of carbonyl (C=O) groups excluding carboxylic acids is 3. The van der Waals surface area contributed by atoms with Crippen LogP contribution in [-0.2, 0) is 16.8 Å². The number of carbonyl (C=O) groups is 3. The van der Waals surface area contributed by atoms with Crippen molar-refractivity contribution in [1.82, 2.24) is 14.7 Å². The number of ketones is 1. The van der Waals surface area contributed by atoms with Crippen molar-refractivity contribution in [2.75, 3.05) is 24.7 Å². The number of halogens is 1. The molecule has 2 aromatic carbocycles. The van der Waals surface area contributed by atoms with Gasteiger partial charge in [-0.15, -0.1) is 0 Å². The van der Waals surface area contributed by atoms with Gasteiger partial charge in [-0.2, -0.15) is 15.3 Å². The van der Waals surface area contributed by atoms with Crippen molar-refractivity contribution < 1.29 is 18.9 Å². The molecule has 2 bridgehead atoms. The molecule has 3 aromatic rings. The third kappa shape index (κ3) is 3.74. The minimum absolute atomic E-state index is 0.191. The van der Waals surface area contributed by atoms with Crippen LogP contribution in [0.25, 0.3) is 0 Å². The summed E-state index contributed by atoms with van der Waals surface area (Å²) in [4.78, 5) is 45.6. The topological polar surface area (TPSA) is 99.3 Å². The number of hydrogen-bond donors (Lipinski definition) is 0. The van der Waals surface area contributed by atoms with Gasteiger partial charge in [0.1, 0.15) is 18.4 Å². The molecule has 3 fully saturated rings. The van der Waals surface area contributed by atoms with E-state index in [0.717, 1.165) is 11.3 Å². The first-order valence-electron chi connectivity index (χ1n) is 13.3. The van der Waals surface area contributed by atoms with E-state index in [4.69, 9.17) is 16.7 Å². The Kier molecular flexibility index (Phi) is 6.00. The lowest BCUT2D eigenvalue weighted by molar-refractivity contribution is -0.852. The van der Waals surface area contributed by atoms with Crippen molar-refractivity contribution in [3.05, 3.63) is 81.6 Å². The highest BCUT2D eigenvalue weighted by molar-refractivity contribution is 6.33. The van der Waals surface area contributed by atoms with E-state index in [1.165, 1.54) is 11.0 Å². The molecule has 4 atom stereocenters. The highest BCUT2D eigenvalue weighted by Gasteiger charge is 2.73. The molecule has 9 nitrogen and oxygen atoms in total. The fraction of sp³-hybridized carbons (Fsp3) is 0.367. The van der Waals surface area contributed by atoms with Gasteiger partial charge < -0.3 is 0 Å². The summed E-state index contributed by atoms with van der Waals surface area (Å²) in [7, 11) is 0. The molecule has 204 valence electrons. The standard InChI is InChI=1S/C30H30ClN6O3/c1-18-21(11-10-20(13-32)26(18)31)36-28(39)24-16-34-15-23(37(24,17-34)29(36)40)27(38)22-12-25(30(2,3)4)33-35(22)14-19-8-6-5-7-9-19/h5-12,23-24H,14-17H2,1-4H3/q+1. The summed E-state index contributed by atoms with van der Waals surface area (Å²) in [6.07, 6.45) is 0. The third-order valence-corrected chi connectivity index (χ3v) is 8.95. The molecule has 1 aromatic heterocycles. The maximum absolute atomic E-state index is 14.4. The minimum atomic E-state index is -0.742. The molecule has 0 aliphatic carbocycles. The number of amides is 3. The van der Waals surface area contributed by atoms with Crippen molar-refractivity contribution in [2.24, 2.45) is 0 Å². The quantitative estimate of drug-likeness (QED) is 0.264. The lowest BCUT2D eigenvalue weighted by atomic mass is 9.91. The molecule has 0 radical (unpaired) electrons. The number of Topliss-reactive ketones (excluding diaryl/α,β-unsaturated/α-hetero) is 1. The number of piperazine rings is 1. The average Bonchev–Trinajstić information content (AvgIpc) is 3.67. The highest BCUT2D eigenvalue weighted by atomic mass is 35.5.